The van der Waals surface area contributed by atoms with Gasteiger partial charge in [0.05, 0.1) is 18.8 Å². The van der Waals surface area contributed by atoms with Gasteiger partial charge in [0.25, 0.3) is 5.91 Å². The van der Waals surface area contributed by atoms with Crippen molar-refractivity contribution in [3.63, 3.8) is 0 Å². The summed E-state index contributed by atoms with van der Waals surface area (Å²) in [5.74, 6) is 0.361. The Morgan fingerprint density at radius 3 is 2.78 bits per heavy atom. The van der Waals surface area contributed by atoms with Crippen LogP contribution in [-0.2, 0) is 4.74 Å². The first-order valence-corrected chi connectivity index (χ1v) is 8.72. The van der Waals surface area contributed by atoms with E-state index in [2.05, 4.69) is 11.9 Å². The molecule has 0 atom stereocenters. The van der Waals surface area contributed by atoms with Crippen molar-refractivity contribution < 1.29 is 14.3 Å². The van der Waals surface area contributed by atoms with Crippen LogP contribution < -0.4 is 4.74 Å². The van der Waals surface area contributed by atoms with E-state index >= 15 is 0 Å². The van der Waals surface area contributed by atoms with Gasteiger partial charge in [-0.3, -0.25) is 4.79 Å². The number of carbonyl (C=O) groups is 1. The summed E-state index contributed by atoms with van der Waals surface area (Å²) in [6, 6.07) is 1.65. The van der Waals surface area contributed by atoms with Gasteiger partial charge < -0.3 is 14.4 Å². The lowest BCUT2D eigenvalue weighted by molar-refractivity contribution is 0.0238. The van der Waals surface area contributed by atoms with Crippen LogP contribution in [0.15, 0.2) is 12.3 Å². The Morgan fingerprint density at radius 2 is 2.17 bits per heavy atom. The van der Waals surface area contributed by atoms with Gasteiger partial charge in [-0.25, -0.2) is 4.98 Å². The molecular formula is C17H25ClN2O3. The first-order valence-electron chi connectivity index (χ1n) is 8.34. The molecule has 2 heterocycles. The highest BCUT2D eigenvalue weighted by Gasteiger charge is 2.20. The molecule has 0 spiro atoms. The molecule has 1 aromatic rings. The summed E-state index contributed by atoms with van der Waals surface area (Å²) in [5, 5.41) is 0.383. The minimum atomic E-state index is -0.0343. The van der Waals surface area contributed by atoms with Crippen molar-refractivity contribution in [1.82, 2.24) is 9.88 Å². The number of unbranched alkanes of at least 4 members (excludes halogenated alkanes) is 1. The monoisotopic (exact) mass is 340 g/mol. The SMILES string of the molecule is CCCCN(CC)C(=O)c1cnc(OC2CCOCC2)c(Cl)c1. The van der Waals surface area contributed by atoms with Crippen molar-refractivity contribution in [3.05, 3.63) is 22.8 Å². The summed E-state index contributed by atoms with van der Waals surface area (Å²) in [4.78, 5) is 18.6. The van der Waals surface area contributed by atoms with E-state index in [9.17, 15) is 4.79 Å². The van der Waals surface area contributed by atoms with Gasteiger partial charge >= 0.3 is 0 Å². The molecule has 2 rings (SSSR count). The molecule has 0 aliphatic carbocycles. The summed E-state index contributed by atoms with van der Waals surface area (Å²) in [6.45, 7) is 6.91. The van der Waals surface area contributed by atoms with E-state index in [-0.39, 0.29) is 12.0 Å². The van der Waals surface area contributed by atoms with E-state index < -0.39 is 0 Å². The molecule has 1 saturated heterocycles. The maximum Gasteiger partial charge on any atom is 0.255 e. The molecule has 0 N–H and O–H groups in total. The molecule has 5 nitrogen and oxygen atoms in total. The minimum absolute atomic E-state index is 0.0343. The third kappa shape index (κ3) is 5.08. The molecule has 1 fully saturated rings. The summed E-state index contributed by atoms with van der Waals surface area (Å²) in [7, 11) is 0. The minimum Gasteiger partial charge on any atom is -0.473 e. The van der Waals surface area contributed by atoms with Crippen molar-refractivity contribution in [1.29, 1.82) is 0 Å². The quantitative estimate of drug-likeness (QED) is 0.761. The zero-order chi connectivity index (χ0) is 16.7. The molecule has 23 heavy (non-hydrogen) atoms. The fourth-order valence-electron chi connectivity index (χ4n) is 2.52. The van der Waals surface area contributed by atoms with E-state index in [1.807, 2.05) is 11.8 Å². The van der Waals surface area contributed by atoms with E-state index in [0.29, 0.717) is 36.2 Å². The number of rotatable bonds is 7. The Hall–Kier alpha value is -1.33. The van der Waals surface area contributed by atoms with Crippen molar-refractivity contribution >= 4 is 17.5 Å². The number of halogens is 1. The number of aromatic nitrogens is 1. The molecule has 6 heteroatoms. The van der Waals surface area contributed by atoms with Gasteiger partial charge in [-0.05, 0) is 19.4 Å². The summed E-state index contributed by atoms with van der Waals surface area (Å²) in [6.07, 6.45) is 5.34. The zero-order valence-electron chi connectivity index (χ0n) is 13.9. The zero-order valence-corrected chi connectivity index (χ0v) is 14.6. The second-order valence-electron chi connectivity index (χ2n) is 5.68. The predicted molar refractivity (Wildman–Crippen MR) is 90.2 cm³/mol. The molecule has 1 aliphatic rings. The maximum absolute atomic E-state index is 12.5. The van der Waals surface area contributed by atoms with E-state index in [4.69, 9.17) is 21.1 Å². The Labute approximate surface area is 142 Å². The summed E-state index contributed by atoms with van der Waals surface area (Å²) < 4.78 is 11.1. The van der Waals surface area contributed by atoms with Gasteiger partial charge in [-0.1, -0.05) is 24.9 Å². The number of amides is 1. The highest BCUT2D eigenvalue weighted by molar-refractivity contribution is 6.32. The molecule has 0 saturated carbocycles. The smallest absolute Gasteiger partial charge is 0.255 e. The van der Waals surface area contributed by atoms with E-state index in [0.717, 1.165) is 32.2 Å². The van der Waals surface area contributed by atoms with Gasteiger partial charge in [0.2, 0.25) is 5.88 Å². The normalized spacial score (nSPS) is 15.4. The average Bonchev–Trinajstić information content (AvgIpc) is 2.58. The first kappa shape index (κ1) is 18.0. The summed E-state index contributed by atoms with van der Waals surface area (Å²) in [5.41, 5.74) is 0.507. The molecule has 0 bridgehead atoms. The van der Waals surface area contributed by atoms with Crippen LogP contribution in [0.1, 0.15) is 49.9 Å². The Bertz CT molecular complexity index is 519. The van der Waals surface area contributed by atoms with Crippen LogP contribution in [0.4, 0.5) is 0 Å². The van der Waals surface area contributed by atoms with Crippen molar-refractivity contribution in [2.45, 2.75) is 45.6 Å². The molecule has 1 aliphatic heterocycles. The van der Waals surface area contributed by atoms with Crippen LogP contribution in [0, 0.1) is 0 Å². The first-order chi connectivity index (χ1) is 11.2. The molecule has 0 unspecified atom stereocenters. The van der Waals surface area contributed by atoms with Crippen LogP contribution in [0.5, 0.6) is 5.88 Å². The molecule has 0 radical (unpaired) electrons. The lowest BCUT2D eigenvalue weighted by Crippen LogP contribution is -2.32. The average molecular weight is 341 g/mol. The van der Waals surface area contributed by atoms with E-state index in [1.165, 1.54) is 0 Å². The molecule has 0 aromatic carbocycles. The Morgan fingerprint density at radius 1 is 1.43 bits per heavy atom. The predicted octanol–water partition coefficient (Wildman–Crippen LogP) is 3.56. The highest BCUT2D eigenvalue weighted by Crippen LogP contribution is 2.26. The number of hydrogen-bond donors (Lipinski definition) is 0. The Balaban J connectivity index is 2.03. The number of pyridine rings is 1. The van der Waals surface area contributed by atoms with Crippen LogP contribution >= 0.6 is 11.6 Å². The molecular weight excluding hydrogens is 316 g/mol. The third-order valence-corrected chi connectivity index (χ3v) is 4.22. The largest absolute Gasteiger partial charge is 0.473 e. The van der Waals surface area contributed by atoms with Crippen LogP contribution in [-0.4, -0.2) is 48.2 Å². The van der Waals surface area contributed by atoms with Gasteiger partial charge in [0, 0.05) is 32.1 Å². The fourth-order valence-corrected chi connectivity index (χ4v) is 2.73. The van der Waals surface area contributed by atoms with Crippen LogP contribution in [0.3, 0.4) is 0 Å². The van der Waals surface area contributed by atoms with Crippen molar-refractivity contribution in [2.75, 3.05) is 26.3 Å². The summed E-state index contributed by atoms with van der Waals surface area (Å²) >= 11 is 6.26. The van der Waals surface area contributed by atoms with E-state index in [1.54, 1.807) is 12.3 Å². The number of ether oxygens (including phenoxy) is 2. The topological polar surface area (TPSA) is 51.7 Å². The van der Waals surface area contributed by atoms with Gasteiger partial charge in [-0.2, -0.15) is 0 Å². The lowest BCUT2D eigenvalue weighted by Gasteiger charge is -2.23. The molecule has 128 valence electrons. The van der Waals surface area contributed by atoms with Crippen LogP contribution in [0.2, 0.25) is 5.02 Å². The van der Waals surface area contributed by atoms with Crippen molar-refractivity contribution in [2.24, 2.45) is 0 Å². The van der Waals surface area contributed by atoms with Gasteiger partial charge in [-0.15, -0.1) is 0 Å². The maximum atomic E-state index is 12.5. The second-order valence-corrected chi connectivity index (χ2v) is 6.09. The Kier molecular flexibility index (Phi) is 7.12. The van der Waals surface area contributed by atoms with Crippen molar-refractivity contribution in [3.8, 4) is 5.88 Å². The fraction of sp³-hybridized carbons (Fsp3) is 0.647. The van der Waals surface area contributed by atoms with Gasteiger partial charge in [0.1, 0.15) is 11.1 Å². The van der Waals surface area contributed by atoms with Gasteiger partial charge in [0.15, 0.2) is 0 Å². The standard InChI is InChI=1S/C17H25ClN2O3/c1-3-5-8-20(4-2)17(21)13-11-15(18)16(19-12-13)23-14-6-9-22-10-7-14/h11-12,14H,3-10H2,1-2H3. The molecule has 1 aromatic heterocycles. The number of nitrogens with zero attached hydrogens (tertiary/aromatic N) is 2. The highest BCUT2D eigenvalue weighted by atomic mass is 35.5. The van der Waals surface area contributed by atoms with Crippen LogP contribution in [0.25, 0.3) is 0 Å². The number of hydrogen-bond acceptors (Lipinski definition) is 4. The third-order valence-electron chi connectivity index (χ3n) is 3.95. The number of carbonyl (C=O) groups excluding carboxylic acids is 1. The lowest BCUT2D eigenvalue weighted by atomic mass is 10.1. The second kappa shape index (κ2) is 9.08. The molecule has 1 amide bonds.